The van der Waals surface area contributed by atoms with Crippen LogP contribution in [-0.4, -0.2) is 19.5 Å². The van der Waals surface area contributed by atoms with E-state index >= 15 is 0 Å². The van der Waals surface area contributed by atoms with E-state index in [4.69, 9.17) is 11.6 Å². The fourth-order valence-electron chi connectivity index (χ4n) is 1.12. The fraction of sp³-hybridized carbons (Fsp3) is 0.111. The Morgan fingerprint density at radius 2 is 2.33 bits per heavy atom. The third kappa shape index (κ3) is 2.37. The van der Waals surface area contributed by atoms with Gasteiger partial charge in [-0.15, -0.1) is 0 Å². The summed E-state index contributed by atoms with van der Waals surface area (Å²) in [6, 6.07) is 1.60. The number of hydrogen-bond donors (Lipinski definition) is 0. The highest BCUT2D eigenvalue weighted by Crippen LogP contribution is 2.15. The summed E-state index contributed by atoms with van der Waals surface area (Å²) in [5.74, 6) is -0.0740. The molecule has 4 nitrogen and oxygen atoms in total. The van der Waals surface area contributed by atoms with E-state index in [1.165, 1.54) is 6.20 Å². The Morgan fingerprint density at radius 3 is 3.00 bits per heavy atom. The van der Waals surface area contributed by atoms with E-state index in [-0.39, 0.29) is 12.2 Å². The number of rotatable bonds is 3. The molecule has 2 aromatic rings. The molecule has 0 N–H and O–H groups in total. The minimum atomic E-state index is -0.0740. The summed E-state index contributed by atoms with van der Waals surface area (Å²) in [5.41, 5.74) is 1.14. The second kappa shape index (κ2) is 4.46. The van der Waals surface area contributed by atoms with Crippen molar-refractivity contribution in [3.8, 4) is 0 Å². The lowest BCUT2D eigenvalue weighted by atomic mass is 10.1. The summed E-state index contributed by atoms with van der Waals surface area (Å²) in [6.07, 6.45) is 4.80. The molecule has 76 valence electrons. The molecule has 0 aliphatic carbocycles. The molecular formula is C9H6ClN3OS. The first kappa shape index (κ1) is 10.2. The smallest absolute Gasteiger partial charge is 0.170 e. The third-order valence-corrected chi connectivity index (χ3v) is 2.64. The Balaban J connectivity index is 2.19. The molecule has 0 unspecified atom stereocenters. The van der Waals surface area contributed by atoms with Gasteiger partial charge in [-0.3, -0.25) is 9.78 Å². The zero-order chi connectivity index (χ0) is 10.7. The van der Waals surface area contributed by atoms with Crippen LogP contribution in [0.15, 0.2) is 24.7 Å². The molecule has 0 fully saturated rings. The van der Waals surface area contributed by atoms with Crippen LogP contribution in [-0.2, 0) is 6.42 Å². The Kier molecular flexibility index (Phi) is 3.03. The van der Waals surface area contributed by atoms with Gasteiger partial charge in [-0.05, 0) is 6.07 Å². The van der Waals surface area contributed by atoms with E-state index in [0.29, 0.717) is 16.3 Å². The summed E-state index contributed by atoms with van der Waals surface area (Å²) >= 11 is 6.93. The highest BCUT2D eigenvalue weighted by Gasteiger charge is 2.11. The molecule has 2 rings (SSSR count). The summed E-state index contributed by atoms with van der Waals surface area (Å²) in [4.78, 5) is 15.6. The number of carbonyl (C=O) groups excluding carboxylic acids is 1. The molecule has 0 aromatic carbocycles. The van der Waals surface area contributed by atoms with Crippen molar-refractivity contribution >= 4 is 29.1 Å². The van der Waals surface area contributed by atoms with Crippen molar-refractivity contribution in [2.75, 3.05) is 0 Å². The zero-order valence-electron chi connectivity index (χ0n) is 7.55. The quantitative estimate of drug-likeness (QED) is 0.769. The Morgan fingerprint density at radius 1 is 1.47 bits per heavy atom. The SMILES string of the molecule is O=C(Cc1cnsn1)c1ccncc1Cl. The average Bonchev–Trinajstić information content (AvgIpc) is 2.71. The van der Waals surface area contributed by atoms with E-state index in [1.807, 2.05) is 0 Å². The molecule has 0 aliphatic rings. The Bertz CT molecular complexity index is 472. The Hall–Kier alpha value is -1.33. The van der Waals surface area contributed by atoms with Crippen LogP contribution >= 0.6 is 23.3 Å². The van der Waals surface area contributed by atoms with Gasteiger partial charge in [0, 0.05) is 18.0 Å². The maximum absolute atomic E-state index is 11.8. The van der Waals surface area contributed by atoms with Crippen LogP contribution < -0.4 is 0 Å². The molecule has 15 heavy (non-hydrogen) atoms. The standard InChI is InChI=1S/C9H6ClN3OS/c10-8-5-11-2-1-7(8)9(14)3-6-4-12-15-13-6/h1-2,4-5H,3H2. The molecule has 0 saturated heterocycles. The molecule has 0 saturated carbocycles. The highest BCUT2D eigenvalue weighted by molar-refractivity contribution is 6.99. The lowest BCUT2D eigenvalue weighted by molar-refractivity contribution is 0.0992. The van der Waals surface area contributed by atoms with Gasteiger partial charge >= 0.3 is 0 Å². The number of carbonyl (C=O) groups is 1. The number of ketones is 1. The number of nitrogens with zero attached hydrogens (tertiary/aromatic N) is 3. The lowest BCUT2D eigenvalue weighted by Gasteiger charge is -1.99. The summed E-state index contributed by atoms with van der Waals surface area (Å²) in [5, 5.41) is 0.366. The van der Waals surface area contributed by atoms with Crippen LogP contribution in [0.2, 0.25) is 5.02 Å². The number of aromatic nitrogens is 3. The predicted octanol–water partition coefficient (Wildman–Crippen LogP) is 2.01. The van der Waals surface area contributed by atoms with E-state index in [9.17, 15) is 4.79 Å². The van der Waals surface area contributed by atoms with E-state index in [1.54, 1.807) is 18.5 Å². The molecular weight excluding hydrogens is 234 g/mol. The maximum Gasteiger partial charge on any atom is 0.170 e. The van der Waals surface area contributed by atoms with Gasteiger partial charge in [0.2, 0.25) is 0 Å². The van der Waals surface area contributed by atoms with Crippen molar-refractivity contribution < 1.29 is 4.79 Å². The van der Waals surface area contributed by atoms with E-state index in [0.717, 1.165) is 11.7 Å². The average molecular weight is 240 g/mol. The largest absolute Gasteiger partial charge is 0.294 e. The first-order chi connectivity index (χ1) is 7.27. The normalized spacial score (nSPS) is 10.2. The summed E-state index contributed by atoms with van der Waals surface area (Å²) < 4.78 is 7.79. The van der Waals surface area contributed by atoms with Crippen LogP contribution in [0.5, 0.6) is 0 Å². The van der Waals surface area contributed by atoms with Crippen LogP contribution in [0.4, 0.5) is 0 Å². The number of halogens is 1. The Labute approximate surface area is 95.3 Å². The molecule has 0 spiro atoms. The summed E-state index contributed by atoms with van der Waals surface area (Å²) in [7, 11) is 0. The number of Topliss-reactive ketones (excluding diaryl/α,β-unsaturated/α-hetero) is 1. The number of hydrogen-bond acceptors (Lipinski definition) is 5. The van der Waals surface area contributed by atoms with Gasteiger partial charge in [-0.25, -0.2) is 0 Å². The second-order valence-corrected chi connectivity index (χ2v) is 3.82. The number of pyridine rings is 1. The van der Waals surface area contributed by atoms with Gasteiger partial charge in [-0.1, -0.05) is 11.6 Å². The summed E-state index contributed by atoms with van der Waals surface area (Å²) in [6.45, 7) is 0. The predicted molar refractivity (Wildman–Crippen MR) is 57.2 cm³/mol. The van der Waals surface area contributed by atoms with Crippen molar-refractivity contribution in [2.45, 2.75) is 6.42 Å². The van der Waals surface area contributed by atoms with Crippen LogP contribution in [0.1, 0.15) is 16.1 Å². The molecule has 0 bridgehead atoms. The minimum Gasteiger partial charge on any atom is -0.294 e. The second-order valence-electron chi connectivity index (χ2n) is 2.85. The minimum absolute atomic E-state index is 0.0740. The van der Waals surface area contributed by atoms with E-state index < -0.39 is 0 Å². The molecule has 2 aromatic heterocycles. The molecule has 6 heteroatoms. The lowest BCUT2D eigenvalue weighted by Crippen LogP contribution is -2.04. The molecule has 0 aliphatic heterocycles. The molecule has 2 heterocycles. The van der Waals surface area contributed by atoms with E-state index in [2.05, 4.69) is 13.7 Å². The maximum atomic E-state index is 11.8. The first-order valence-corrected chi connectivity index (χ1v) is 5.27. The third-order valence-electron chi connectivity index (χ3n) is 1.82. The topological polar surface area (TPSA) is 55.7 Å². The van der Waals surface area contributed by atoms with Gasteiger partial charge in [-0.2, -0.15) is 8.75 Å². The van der Waals surface area contributed by atoms with Gasteiger partial charge < -0.3 is 0 Å². The van der Waals surface area contributed by atoms with Crippen molar-refractivity contribution in [3.63, 3.8) is 0 Å². The van der Waals surface area contributed by atoms with Crippen LogP contribution in [0, 0.1) is 0 Å². The molecule has 0 radical (unpaired) electrons. The van der Waals surface area contributed by atoms with Crippen LogP contribution in [0.25, 0.3) is 0 Å². The van der Waals surface area contributed by atoms with Gasteiger partial charge in [0.05, 0.1) is 35.1 Å². The molecule has 0 atom stereocenters. The zero-order valence-corrected chi connectivity index (χ0v) is 9.13. The van der Waals surface area contributed by atoms with Gasteiger partial charge in [0.25, 0.3) is 0 Å². The fourth-order valence-corrected chi connectivity index (χ4v) is 1.78. The first-order valence-electron chi connectivity index (χ1n) is 4.16. The monoisotopic (exact) mass is 239 g/mol. The van der Waals surface area contributed by atoms with Gasteiger partial charge in [0.1, 0.15) is 0 Å². The van der Waals surface area contributed by atoms with Crippen molar-refractivity contribution in [2.24, 2.45) is 0 Å². The van der Waals surface area contributed by atoms with Crippen LogP contribution in [0.3, 0.4) is 0 Å². The molecule has 0 amide bonds. The van der Waals surface area contributed by atoms with Crippen molar-refractivity contribution in [3.05, 3.63) is 40.9 Å². The van der Waals surface area contributed by atoms with Gasteiger partial charge in [0.15, 0.2) is 5.78 Å². The van der Waals surface area contributed by atoms with Crippen molar-refractivity contribution in [1.29, 1.82) is 0 Å². The van der Waals surface area contributed by atoms with Crippen molar-refractivity contribution in [1.82, 2.24) is 13.7 Å². The highest BCUT2D eigenvalue weighted by atomic mass is 35.5.